The number of H-pyrrole nitrogens is 1. The monoisotopic (exact) mass is 231 g/mol. The van der Waals surface area contributed by atoms with Gasteiger partial charge in [-0.3, -0.25) is 10.00 Å². The van der Waals surface area contributed by atoms with E-state index in [1.54, 1.807) is 0 Å². The van der Waals surface area contributed by atoms with Crippen molar-refractivity contribution >= 4 is 0 Å². The van der Waals surface area contributed by atoms with Gasteiger partial charge in [-0.2, -0.15) is 5.10 Å². The third-order valence-corrected chi connectivity index (χ3v) is 4.11. The molecule has 2 atom stereocenters. The van der Waals surface area contributed by atoms with Crippen molar-refractivity contribution in [2.24, 2.45) is 0 Å². The Balaban J connectivity index is 1.67. The number of nitrogens with one attached hydrogen (secondary N) is 1. The summed E-state index contributed by atoms with van der Waals surface area (Å²) < 4.78 is 0. The minimum absolute atomic E-state index is 0.654. The van der Waals surface area contributed by atoms with Gasteiger partial charge in [0, 0.05) is 30.4 Å². The number of hydrogen-bond donors (Lipinski definition) is 1. The SMILES string of the molecule is C1=C[C@H](N2CCC[C@@H](c3ccn[nH]3)C2)CCC1. The fourth-order valence-corrected chi connectivity index (χ4v) is 3.15. The van der Waals surface area contributed by atoms with Crippen LogP contribution in [-0.4, -0.2) is 34.2 Å². The molecule has 1 N–H and O–H groups in total. The van der Waals surface area contributed by atoms with Crippen molar-refractivity contribution in [1.29, 1.82) is 0 Å². The van der Waals surface area contributed by atoms with Crippen LogP contribution in [0, 0.1) is 0 Å². The lowest BCUT2D eigenvalue weighted by Gasteiger charge is -2.37. The van der Waals surface area contributed by atoms with Crippen molar-refractivity contribution in [1.82, 2.24) is 15.1 Å². The molecule has 0 aromatic carbocycles. The van der Waals surface area contributed by atoms with Gasteiger partial charge in [0.15, 0.2) is 0 Å². The number of aromatic nitrogens is 2. The Morgan fingerprint density at radius 3 is 3.06 bits per heavy atom. The molecular weight excluding hydrogens is 210 g/mol. The van der Waals surface area contributed by atoms with Gasteiger partial charge in [0.1, 0.15) is 0 Å². The number of hydrogen-bond acceptors (Lipinski definition) is 2. The van der Waals surface area contributed by atoms with Crippen molar-refractivity contribution in [3.63, 3.8) is 0 Å². The van der Waals surface area contributed by atoms with Crippen LogP contribution in [0.1, 0.15) is 43.7 Å². The normalized spacial score (nSPS) is 30.6. The zero-order valence-electron chi connectivity index (χ0n) is 10.3. The number of rotatable bonds is 2. The van der Waals surface area contributed by atoms with Crippen LogP contribution in [0.25, 0.3) is 0 Å². The van der Waals surface area contributed by atoms with E-state index in [0.29, 0.717) is 12.0 Å². The molecule has 0 bridgehead atoms. The standard InChI is InChI=1S/C14H21N3/c1-2-6-13(7-3-1)17-10-4-5-12(11-17)14-8-9-15-16-14/h2,6,8-9,12-13H,1,3-5,7,10-11H2,(H,15,16)/t12-,13+/m1/s1. The van der Waals surface area contributed by atoms with E-state index in [2.05, 4.69) is 33.3 Å². The Hall–Kier alpha value is -1.09. The summed E-state index contributed by atoms with van der Waals surface area (Å²) in [6, 6.07) is 2.82. The Labute approximate surface area is 103 Å². The minimum atomic E-state index is 0.654. The van der Waals surface area contributed by atoms with Crippen LogP contribution in [0.3, 0.4) is 0 Å². The van der Waals surface area contributed by atoms with Crippen molar-refractivity contribution < 1.29 is 0 Å². The van der Waals surface area contributed by atoms with E-state index in [9.17, 15) is 0 Å². The van der Waals surface area contributed by atoms with Gasteiger partial charge in [0.2, 0.25) is 0 Å². The predicted octanol–water partition coefficient (Wildman–Crippen LogP) is 2.70. The Bertz CT molecular complexity index is 369. The molecule has 0 unspecified atom stereocenters. The predicted molar refractivity (Wildman–Crippen MR) is 68.9 cm³/mol. The maximum Gasteiger partial charge on any atom is 0.0490 e. The van der Waals surface area contributed by atoms with Crippen LogP contribution < -0.4 is 0 Å². The second-order valence-electron chi connectivity index (χ2n) is 5.27. The maximum absolute atomic E-state index is 4.08. The van der Waals surface area contributed by atoms with Gasteiger partial charge in [0.25, 0.3) is 0 Å². The van der Waals surface area contributed by atoms with Crippen LogP contribution in [0.5, 0.6) is 0 Å². The number of aromatic amines is 1. The Morgan fingerprint density at radius 1 is 1.29 bits per heavy atom. The van der Waals surface area contributed by atoms with Crippen molar-refractivity contribution in [3.8, 4) is 0 Å². The van der Waals surface area contributed by atoms with E-state index in [1.807, 2.05) is 6.20 Å². The molecule has 0 amide bonds. The second kappa shape index (κ2) is 5.05. The van der Waals surface area contributed by atoms with Crippen molar-refractivity contribution in [3.05, 3.63) is 30.1 Å². The van der Waals surface area contributed by atoms with Crippen molar-refractivity contribution in [2.75, 3.05) is 13.1 Å². The molecule has 0 spiro atoms. The zero-order chi connectivity index (χ0) is 11.5. The highest BCUT2D eigenvalue weighted by atomic mass is 15.2. The first kappa shape index (κ1) is 11.0. The average Bonchev–Trinajstić information content (AvgIpc) is 2.94. The first-order valence-corrected chi connectivity index (χ1v) is 6.83. The quantitative estimate of drug-likeness (QED) is 0.794. The first-order valence-electron chi connectivity index (χ1n) is 6.83. The molecule has 3 heteroatoms. The molecule has 1 fully saturated rings. The van der Waals surface area contributed by atoms with E-state index >= 15 is 0 Å². The largest absolute Gasteiger partial charge is 0.296 e. The Morgan fingerprint density at radius 2 is 2.29 bits per heavy atom. The molecular formula is C14H21N3. The molecule has 0 saturated carbocycles. The third-order valence-electron chi connectivity index (χ3n) is 4.11. The number of likely N-dealkylation sites (tertiary alicyclic amines) is 1. The molecule has 1 saturated heterocycles. The van der Waals surface area contributed by atoms with Crippen LogP contribution in [-0.2, 0) is 0 Å². The fourth-order valence-electron chi connectivity index (χ4n) is 3.15. The molecule has 17 heavy (non-hydrogen) atoms. The molecule has 3 nitrogen and oxygen atoms in total. The van der Waals surface area contributed by atoms with Crippen LogP contribution in [0.15, 0.2) is 24.4 Å². The summed E-state index contributed by atoms with van der Waals surface area (Å²) in [6.07, 6.45) is 13.2. The zero-order valence-corrected chi connectivity index (χ0v) is 10.3. The molecule has 1 aliphatic carbocycles. The van der Waals surface area contributed by atoms with Gasteiger partial charge < -0.3 is 0 Å². The summed E-state index contributed by atoms with van der Waals surface area (Å²) in [4.78, 5) is 2.66. The topological polar surface area (TPSA) is 31.9 Å². The highest BCUT2D eigenvalue weighted by molar-refractivity contribution is 5.09. The lowest BCUT2D eigenvalue weighted by atomic mass is 9.92. The summed E-state index contributed by atoms with van der Waals surface area (Å²) in [5.74, 6) is 0.654. The molecule has 2 aliphatic rings. The molecule has 2 heterocycles. The van der Waals surface area contributed by atoms with E-state index in [4.69, 9.17) is 0 Å². The summed E-state index contributed by atoms with van der Waals surface area (Å²) in [6.45, 7) is 2.46. The van der Waals surface area contributed by atoms with Crippen LogP contribution in [0.4, 0.5) is 0 Å². The summed E-state index contributed by atoms with van der Waals surface area (Å²) >= 11 is 0. The average molecular weight is 231 g/mol. The maximum atomic E-state index is 4.08. The first-order chi connectivity index (χ1) is 8.43. The molecule has 1 aromatic rings. The molecule has 1 aliphatic heterocycles. The number of nitrogens with zero attached hydrogens (tertiary/aromatic N) is 2. The molecule has 92 valence electrons. The van der Waals surface area contributed by atoms with Gasteiger partial charge in [-0.15, -0.1) is 0 Å². The lowest BCUT2D eigenvalue weighted by Crippen LogP contribution is -2.41. The number of allylic oxidation sites excluding steroid dienone is 1. The lowest BCUT2D eigenvalue weighted by molar-refractivity contribution is 0.161. The van der Waals surface area contributed by atoms with E-state index in [1.165, 1.54) is 50.9 Å². The van der Waals surface area contributed by atoms with E-state index in [0.717, 1.165) is 0 Å². The van der Waals surface area contributed by atoms with Gasteiger partial charge in [-0.1, -0.05) is 12.2 Å². The summed E-state index contributed by atoms with van der Waals surface area (Å²) in [7, 11) is 0. The fraction of sp³-hybridized carbons (Fsp3) is 0.643. The van der Waals surface area contributed by atoms with Crippen LogP contribution in [0.2, 0.25) is 0 Å². The van der Waals surface area contributed by atoms with Gasteiger partial charge in [-0.25, -0.2) is 0 Å². The van der Waals surface area contributed by atoms with Gasteiger partial charge >= 0.3 is 0 Å². The van der Waals surface area contributed by atoms with Gasteiger partial charge in [-0.05, 0) is 44.7 Å². The molecule has 0 radical (unpaired) electrons. The van der Waals surface area contributed by atoms with E-state index < -0.39 is 0 Å². The summed E-state index contributed by atoms with van der Waals surface area (Å²) in [5.41, 5.74) is 1.31. The third kappa shape index (κ3) is 2.44. The van der Waals surface area contributed by atoms with Crippen LogP contribution >= 0.6 is 0 Å². The molecule has 1 aromatic heterocycles. The van der Waals surface area contributed by atoms with Crippen molar-refractivity contribution in [2.45, 2.75) is 44.1 Å². The Kier molecular flexibility index (Phi) is 3.27. The minimum Gasteiger partial charge on any atom is -0.296 e. The smallest absolute Gasteiger partial charge is 0.0490 e. The highest BCUT2D eigenvalue weighted by Crippen LogP contribution is 2.28. The van der Waals surface area contributed by atoms with E-state index in [-0.39, 0.29) is 0 Å². The van der Waals surface area contributed by atoms with Gasteiger partial charge in [0.05, 0.1) is 0 Å². The number of piperidine rings is 1. The second-order valence-corrected chi connectivity index (χ2v) is 5.27. The molecule has 3 rings (SSSR count). The highest BCUT2D eigenvalue weighted by Gasteiger charge is 2.26. The summed E-state index contributed by atoms with van der Waals surface area (Å²) in [5, 5.41) is 7.21.